The van der Waals surface area contributed by atoms with Gasteiger partial charge in [-0.1, -0.05) is 30.3 Å². The SMILES string of the molecule is Cc1c(C(=O)N(Cc2ccc(N(C)C)cc2)Cc2ccco2)sc2ncn(Cc3ccccc3F)c(=O)c12. The van der Waals surface area contributed by atoms with E-state index in [9.17, 15) is 14.0 Å². The summed E-state index contributed by atoms with van der Waals surface area (Å²) in [5.74, 6) is 0.0654. The molecule has 0 radical (unpaired) electrons. The number of rotatable bonds is 8. The molecule has 9 heteroatoms. The molecule has 7 nitrogen and oxygen atoms in total. The molecule has 0 atom stereocenters. The largest absolute Gasteiger partial charge is 0.467 e. The number of hydrogen-bond donors (Lipinski definition) is 0. The standard InChI is InChI=1S/C29H27FN4O3S/c1-19-25-27(31-18-34(28(25)35)16-21-7-4-5-9-24(21)30)38-26(19)29(36)33(17-23-8-6-14-37-23)15-20-10-12-22(13-11-20)32(2)3/h4-14,18H,15-17H2,1-3H3. The van der Waals surface area contributed by atoms with Crippen molar-refractivity contribution in [3.05, 3.63) is 117 Å². The van der Waals surface area contributed by atoms with E-state index in [0.717, 1.165) is 11.3 Å². The summed E-state index contributed by atoms with van der Waals surface area (Å²) in [5.41, 5.74) is 2.70. The molecular formula is C29H27FN4O3S. The van der Waals surface area contributed by atoms with E-state index >= 15 is 0 Å². The Morgan fingerprint density at radius 2 is 1.82 bits per heavy atom. The number of fused-ring (bicyclic) bond motifs is 1. The minimum Gasteiger partial charge on any atom is -0.467 e. The summed E-state index contributed by atoms with van der Waals surface area (Å²) in [4.78, 5) is 36.3. The Bertz CT molecular complexity index is 1640. The van der Waals surface area contributed by atoms with Crippen LogP contribution in [-0.2, 0) is 19.6 Å². The number of carbonyl (C=O) groups is 1. The van der Waals surface area contributed by atoms with Crippen molar-refractivity contribution in [3.63, 3.8) is 0 Å². The summed E-state index contributed by atoms with van der Waals surface area (Å²) in [6, 6.07) is 18.0. The van der Waals surface area contributed by atoms with Gasteiger partial charge in [0.2, 0.25) is 0 Å². The van der Waals surface area contributed by atoms with Gasteiger partial charge in [-0.25, -0.2) is 9.37 Å². The van der Waals surface area contributed by atoms with Crippen LogP contribution in [0.3, 0.4) is 0 Å². The minimum absolute atomic E-state index is 0.0561. The fourth-order valence-corrected chi connectivity index (χ4v) is 5.45. The van der Waals surface area contributed by atoms with Crippen molar-refractivity contribution in [1.29, 1.82) is 0 Å². The number of hydrogen-bond acceptors (Lipinski definition) is 6. The first-order chi connectivity index (χ1) is 18.3. The van der Waals surface area contributed by atoms with Gasteiger partial charge >= 0.3 is 0 Å². The third-order valence-electron chi connectivity index (χ3n) is 6.45. The van der Waals surface area contributed by atoms with Gasteiger partial charge in [-0.3, -0.25) is 14.2 Å². The fourth-order valence-electron chi connectivity index (χ4n) is 4.34. The van der Waals surface area contributed by atoms with E-state index in [-0.39, 0.29) is 30.4 Å². The molecule has 0 aliphatic carbocycles. The smallest absolute Gasteiger partial charge is 0.265 e. The van der Waals surface area contributed by atoms with Crippen LogP contribution < -0.4 is 10.5 Å². The number of benzene rings is 2. The molecule has 0 bridgehead atoms. The molecule has 3 heterocycles. The molecule has 1 amide bonds. The van der Waals surface area contributed by atoms with Crippen LogP contribution in [0.15, 0.2) is 82.5 Å². The van der Waals surface area contributed by atoms with Crippen LogP contribution in [0.4, 0.5) is 10.1 Å². The van der Waals surface area contributed by atoms with Crippen LogP contribution in [0.25, 0.3) is 10.2 Å². The van der Waals surface area contributed by atoms with E-state index in [1.54, 1.807) is 42.4 Å². The highest BCUT2D eigenvalue weighted by Crippen LogP contribution is 2.29. The maximum Gasteiger partial charge on any atom is 0.265 e. The van der Waals surface area contributed by atoms with Gasteiger partial charge < -0.3 is 14.2 Å². The van der Waals surface area contributed by atoms with E-state index in [0.29, 0.717) is 38.5 Å². The zero-order chi connectivity index (χ0) is 26.8. The Hall–Kier alpha value is -4.24. The normalized spacial score (nSPS) is 11.2. The third-order valence-corrected chi connectivity index (χ3v) is 7.64. The second-order valence-electron chi connectivity index (χ2n) is 9.31. The molecule has 0 fully saturated rings. The molecule has 0 aliphatic rings. The first-order valence-electron chi connectivity index (χ1n) is 12.1. The van der Waals surface area contributed by atoms with Crippen LogP contribution in [0.2, 0.25) is 0 Å². The van der Waals surface area contributed by atoms with Crippen molar-refractivity contribution in [2.24, 2.45) is 0 Å². The van der Waals surface area contributed by atoms with Gasteiger partial charge in [0, 0.05) is 31.9 Å². The Kier molecular flexibility index (Phi) is 7.11. The van der Waals surface area contributed by atoms with E-state index < -0.39 is 0 Å². The van der Waals surface area contributed by atoms with Gasteiger partial charge in [0.15, 0.2) is 0 Å². The number of furan rings is 1. The summed E-state index contributed by atoms with van der Waals surface area (Å²) in [7, 11) is 3.95. The molecular weight excluding hydrogens is 503 g/mol. The van der Waals surface area contributed by atoms with Gasteiger partial charge in [-0.15, -0.1) is 11.3 Å². The average molecular weight is 531 g/mol. The monoisotopic (exact) mass is 530 g/mol. The number of amides is 1. The van der Waals surface area contributed by atoms with Crippen LogP contribution >= 0.6 is 11.3 Å². The highest BCUT2D eigenvalue weighted by Gasteiger charge is 2.25. The summed E-state index contributed by atoms with van der Waals surface area (Å²) < 4.78 is 21.1. The van der Waals surface area contributed by atoms with E-state index in [1.165, 1.54) is 28.3 Å². The predicted octanol–water partition coefficient (Wildman–Crippen LogP) is 5.46. The molecule has 3 aromatic heterocycles. The second-order valence-corrected chi connectivity index (χ2v) is 10.3. The van der Waals surface area contributed by atoms with Crippen molar-refractivity contribution >= 4 is 33.1 Å². The summed E-state index contributed by atoms with van der Waals surface area (Å²) in [6.45, 7) is 2.46. The second kappa shape index (κ2) is 10.6. The molecule has 0 saturated carbocycles. The van der Waals surface area contributed by atoms with E-state index in [2.05, 4.69) is 4.98 Å². The number of aromatic nitrogens is 2. The zero-order valence-electron chi connectivity index (χ0n) is 21.3. The minimum atomic E-state index is -0.385. The lowest BCUT2D eigenvalue weighted by molar-refractivity contribution is 0.0722. The van der Waals surface area contributed by atoms with Crippen LogP contribution in [0, 0.1) is 12.7 Å². The number of halogens is 1. The van der Waals surface area contributed by atoms with Gasteiger partial charge in [0.1, 0.15) is 16.4 Å². The fraction of sp³-hybridized carbons (Fsp3) is 0.207. The molecule has 194 valence electrons. The Morgan fingerprint density at radius 1 is 1.05 bits per heavy atom. The molecule has 0 saturated heterocycles. The van der Waals surface area contributed by atoms with Gasteiger partial charge in [-0.05, 0) is 48.4 Å². The summed E-state index contributed by atoms with van der Waals surface area (Å²) in [5, 5.41) is 0.380. The summed E-state index contributed by atoms with van der Waals surface area (Å²) >= 11 is 1.20. The van der Waals surface area contributed by atoms with Crippen molar-refractivity contribution < 1.29 is 13.6 Å². The first-order valence-corrected chi connectivity index (χ1v) is 12.9. The van der Waals surface area contributed by atoms with Crippen LogP contribution in [0.5, 0.6) is 0 Å². The van der Waals surface area contributed by atoms with Crippen molar-refractivity contribution in [1.82, 2.24) is 14.5 Å². The first kappa shape index (κ1) is 25.4. The molecule has 0 aliphatic heterocycles. The molecule has 38 heavy (non-hydrogen) atoms. The van der Waals surface area contributed by atoms with Gasteiger partial charge in [-0.2, -0.15) is 0 Å². The zero-order valence-corrected chi connectivity index (χ0v) is 22.2. The van der Waals surface area contributed by atoms with Gasteiger partial charge in [0.25, 0.3) is 11.5 Å². The number of anilines is 1. The molecule has 2 aromatic carbocycles. The van der Waals surface area contributed by atoms with Gasteiger partial charge in [0.05, 0.1) is 35.9 Å². The predicted molar refractivity (Wildman–Crippen MR) is 147 cm³/mol. The Morgan fingerprint density at radius 3 is 2.50 bits per heavy atom. The number of nitrogens with zero attached hydrogens (tertiary/aromatic N) is 4. The van der Waals surface area contributed by atoms with E-state index in [4.69, 9.17) is 4.42 Å². The summed E-state index contributed by atoms with van der Waals surface area (Å²) in [6.07, 6.45) is 2.99. The van der Waals surface area contributed by atoms with Crippen molar-refractivity contribution in [3.8, 4) is 0 Å². The lowest BCUT2D eigenvalue weighted by atomic mass is 10.1. The Labute approximate surface area is 223 Å². The molecule has 0 spiro atoms. The van der Waals surface area contributed by atoms with Crippen LogP contribution in [-0.4, -0.2) is 34.5 Å². The molecule has 5 rings (SSSR count). The highest BCUT2D eigenvalue weighted by molar-refractivity contribution is 7.20. The third kappa shape index (κ3) is 5.10. The number of thiophene rings is 1. The quantitative estimate of drug-likeness (QED) is 0.267. The lowest BCUT2D eigenvalue weighted by Gasteiger charge is -2.22. The average Bonchev–Trinajstić information content (AvgIpc) is 3.54. The van der Waals surface area contributed by atoms with Crippen LogP contribution in [0.1, 0.15) is 32.1 Å². The van der Waals surface area contributed by atoms with E-state index in [1.807, 2.05) is 49.3 Å². The van der Waals surface area contributed by atoms with Crippen molar-refractivity contribution in [2.45, 2.75) is 26.6 Å². The Balaban J connectivity index is 1.49. The maximum atomic E-state index is 14.2. The van der Waals surface area contributed by atoms with Crippen molar-refractivity contribution in [2.75, 3.05) is 19.0 Å². The number of carbonyl (C=O) groups excluding carboxylic acids is 1. The topological polar surface area (TPSA) is 71.6 Å². The molecule has 5 aromatic rings. The lowest BCUT2D eigenvalue weighted by Crippen LogP contribution is -2.30. The molecule has 0 unspecified atom stereocenters. The highest BCUT2D eigenvalue weighted by atomic mass is 32.1. The maximum absolute atomic E-state index is 14.2. The number of aryl methyl sites for hydroxylation is 1. The molecule has 0 N–H and O–H groups in total.